The molecule has 0 radical (unpaired) electrons. The molecular formula is C9H10N2. The van der Waals surface area contributed by atoms with Crippen LogP contribution in [0.15, 0.2) is 18.2 Å². The number of nitriles is 1. The lowest BCUT2D eigenvalue weighted by atomic mass is 10.1. The molecule has 1 rings (SSSR count). The summed E-state index contributed by atoms with van der Waals surface area (Å²) >= 11 is 0. The quantitative estimate of drug-likeness (QED) is 0.649. The predicted octanol–water partition coefficient (Wildman–Crippen LogP) is 1.33. The van der Waals surface area contributed by atoms with Gasteiger partial charge in [0.25, 0.3) is 0 Å². The van der Waals surface area contributed by atoms with Gasteiger partial charge in [0.2, 0.25) is 0 Å². The minimum Gasteiger partial charge on any atom is -0.326 e. The lowest BCUT2D eigenvalue weighted by Crippen LogP contribution is -1.97. The van der Waals surface area contributed by atoms with Crippen LogP contribution in [-0.4, -0.2) is 0 Å². The first-order chi connectivity index (χ1) is 5.26. The second-order valence-corrected chi connectivity index (χ2v) is 2.52. The van der Waals surface area contributed by atoms with E-state index in [-0.39, 0.29) is 0 Å². The number of aryl methyl sites for hydroxylation is 1. The third-order valence-electron chi connectivity index (χ3n) is 1.50. The molecule has 0 aliphatic carbocycles. The fraction of sp³-hybridized carbons (Fsp3) is 0.222. The highest BCUT2D eigenvalue weighted by molar-refractivity contribution is 5.36. The van der Waals surface area contributed by atoms with Crippen molar-refractivity contribution in [1.82, 2.24) is 0 Å². The minimum atomic E-state index is 0.496. The first kappa shape index (κ1) is 7.77. The zero-order chi connectivity index (χ0) is 8.27. The average molecular weight is 146 g/mol. The maximum absolute atomic E-state index is 8.59. The molecule has 0 unspecified atom stereocenters. The van der Waals surface area contributed by atoms with Gasteiger partial charge in [-0.1, -0.05) is 6.07 Å². The van der Waals surface area contributed by atoms with Gasteiger partial charge < -0.3 is 5.73 Å². The molecule has 0 saturated carbocycles. The molecule has 1 aromatic carbocycles. The van der Waals surface area contributed by atoms with Crippen LogP contribution in [-0.2, 0) is 6.54 Å². The molecule has 2 nitrogen and oxygen atoms in total. The summed E-state index contributed by atoms with van der Waals surface area (Å²) in [6.45, 7) is 2.45. The zero-order valence-electron chi connectivity index (χ0n) is 6.46. The normalized spacial score (nSPS) is 9.18. The highest BCUT2D eigenvalue weighted by Crippen LogP contribution is 2.07. The summed E-state index contributed by atoms with van der Waals surface area (Å²) in [6, 6.07) is 7.73. The van der Waals surface area contributed by atoms with E-state index in [0.717, 1.165) is 11.1 Å². The maximum atomic E-state index is 8.59. The monoisotopic (exact) mass is 146 g/mol. The number of nitrogens with two attached hydrogens (primary N) is 1. The molecule has 0 spiro atoms. The molecule has 11 heavy (non-hydrogen) atoms. The first-order valence-electron chi connectivity index (χ1n) is 3.47. The molecule has 0 amide bonds. The van der Waals surface area contributed by atoms with Gasteiger partial charge in [-0.05, 0) is 30.2 Å². The minimum absolute atomic E-state index is 0.496. The van der Waals surface area contributed by atoms with Crippen molar-refractivity contribution in [2.75, 3.05) is 0 Å². The topological polar surface area (TPSA) is 49.8 Å². The zero-order valence-corrected chi connectivity index (χ0v) is 6.46. The number of nitrogens with zero attached hydrogens (tertiary/aromatic N) is 1. The molecule has 56 valence electrons. The van der Waals surface area contributed by atoms with E-state index < -0.39 is 0 Å². The Labute approximate surface area is 66.3 Å². The molecule has 0 heterocycles. The second-order valence-electron chi connectivity index (χ2n) is 2.52. The molecule has 0 bridgehead atoms. The van der Waals surface area contributed by atoms with E-state index in [4.69, 9.17) is 11.0 Å². The summed E-state index contributed by atoms with van der Waals surface area (Å²) in [5.41, 5.74) is 8.22. The van der Waals surface area contributed by atoms with Gasteiger partial charge >= 0.3 is 0 Å². The van der Waals surface area contributed by atoms with Crippen LogP contribution < -0.4 is 5.73 Å². The summed E-state index contributed by atoms with van der Waals surface area (Å²) in [5, 5.41) is 8.59. The van der Waals surface area contributed by atoms with E-state index in [0.29, 0.717) is 12.1 Å². The molecule has 0 atom stereocenters. The van der Waals surface area contributed by atoms with Crippen molar-refractivity contribution in [3.05, 3.63) is 34.9 Å². The van der Waals surface area contributed by atoms with Crippen molar-refractivity contribution in [1.29, 1.82) is 5.26 Å². The van der Waals surface area contributed by atoms with Crippen LogP contribution in [0.2, 0.25) is 0 Å². The van der Waals surface area contributed by atoms with Crippen LogP contribution in [0, 0.1) is 18.3 Å². The molecule has 0 fully saturated rings. The van der Waals surface area contributed by atoms with Crippen LogP contribution in [0.25, 0.3) is 0 Å². The van der Waals surface area contributed by atoms with Gasteiger partial charge in [-0.25, -0.2) is 0 Å². The Balaban J connectivity index is 3.15. The average Bonchev–Trinajstić information content (AvgIpc) is 2.03. The van der Waals surface area contributed by atoms with Crippen molar-refractivity contribution in [2.24, 2.45) is 5.73 Å². The van der Waals surface area contributed by atoms with Crippen LogP contribution in [0.3, 0.4) is 0 Å². The molecular weight excluding hydrogens is 136 g/mol. The summed E-state index contributed by atoms with van der Waals surface area (Å²) in [7, 11) is 0. The van der Waals surface area contributed by atoms with Crippen LogP contribution in [0.1, 0.15) is 16.7 Å². The summed E-state index contributed by atoms with van der Waals surface area (Å²) in [4.78, 5) is 0. The Morgan fingerprint density at radius 2 is 2.18 bits per heavy atom. The van der Waals surface area contributed by atoms with Crippen molar-refractivity contribution in [3.8, 4) is 6.07 Å². The van der Waals surface area contributed by atoms with Crippen LogP contribution in [0.5, 0.6) is 0 Å². The van der Waals surface area contributed by atoms with E-state index in [2.05, 4.69) is 6.07 Å². The van der Waals surface area contributed by atoms with Crippen molar-refractivity contribution in [3.63, 3.8) is 0 Å². The fourth-order valence-corrected chi connectivity index (χ4v) is 1.04. The van der Waals surface area contributed by atoms with E-state index in [9.17, 15) is 0 Å². The van der Waals surface area contributed by atoms with Crippen molar-refractivity contribution >= 4 is 0 Å². The van der Waals surface area contributed by atoms with Gasteiger partial charge in [-0.15, -0.1) is 0 Å². The summed E-state index contributed by atoms with van der Waals surface area (Å²) < 4.78 is 0. The largest absolute Gasteiger partial charge is 0.326 e. The van der Waals surface area contributed by atoms with Crippen LogP contribution in [0.4, 0.5) is 0 Å². The number of hydrogen-bond donors (Lipinski definition) is 1. The van der Waals surface area contributed by atoms with Gasteiger partial charge in [0.15, 0.2) is 0 Å². The lowest BCUT2D eigenvalue weighted by Gasteiger charge is -1.98. The van der Waals surface area contributed by atoms with Gasteiger partial charge in [0, 0.05) is 6.54 Å². The van der Waals surface area contributed by atoms with E-state index in [1.807, 2.05) is 25.1 Å². The smallest absolute Gasteiger partial charge is 0.0991 e. The SMILES string of the molecule is Cc1cc(C#N)cc(CN)c1. The molecule has 0 aromatic heterocycles. The van der Waals surface area contributed by atoms with Crippen molar-refractivity contribution < 1.29 is 0 Å². The number of benzene rings is 1. The fourth-order valence-electron chi connectivity index (χ4n) is 1.04. The molecule has 0 aliphatic rings. The van der Waals surface area contributed by atoms with E-state index in [1.165, 1.54) is 0 Å². The molecule has 2 N–H and O–H groups in total. The Bertz CT molecular complexity index is 297. The molecule has 2 heteroatoms. The lowest BCUT2D eigenvalue weighted by molar-refractivity contribution is 1.06. The van der Waals surface area contributed by atoms with E-state index in [1.54, 1.807) is 0 Å². The predicted molar refractivity (Wildman–Crippen MR) is 43.8 cm³/mol. The van der Waals surface area contributed by atoms with Gasteiger partial charge in [0.05, 0.1) is 11.6 Å². The van der Waals surface area contributed by atoms with Gasteiger partial charge in [-0.3, -0.25) is 0 Å². The van der Waals surface area contributed by atoms with Crippen LogP contribution >= 0.6 is 0 Å². The Kier molecular flexibility index (Phi) is 2.25. The van der Waals surface area contributed by atoms with Gasteiger partial charge in [-0.2, -0.15) is 5.26 Å². The summed E-state index contributed by atoms with van der Waals surface area (Å²) in [5.74, 6) is 0. The Morgan fingerprint density at radius 1 is 1.45 bits per heavy atom. The molecule has 0 aliphatic heterocycles. The standard InChI is InChI=1S/C9H10N2/c1-7-2-8(5-10)4-9(3-7)6-11/h2-4H,5,10H2,1H3. The third kappa shape index (κ3) is 1.79. The third-order valence-corrected chi connectivity index (χ3v) is 1.50. The second kappa shape index (κ2) is 3.18. The highest BCUT2D eigenvalue weighted by atomic mass is 14.5. The molecule has 0 saturated heterocycles. The molecule has 1 aromatic rings. The number of hydrogen-bond acceptors (Lipinski definition) is 2. The Morgan fingerprint density at radius 3 is 2.73 bits per heavy atom. The number of rotatable bonds is 1. The maximum Gasteiger partial charge on any atom is 0.0991 e. The first-order valence-corrected chi connectivity index (χ1v) is 3.47. The van der Waals surface area contributed by atoms with E-state index >= 15 is 0 Å². The van der Waals surface area contributed by atoms with Gasteiger partial charge in [0.1, 0.15) is 0 Å². The van der Waals surface area contributed by atoms with Crippen molar-refractivity contribution in [2.45, 2.75) is 13.5 Å². The summed E-state index contributed by atoms with van der Waals surface area (Å²) in [6.07, 6.45) is 0. The Hall–Kier alpha value is -1.33. The highest BCUT2D eigenvalue weighted by Gasteiger charge is 1.94.